The maximum atomic E-state index is 11.5. The highest BCUT2D eigenvalue weighted by molar-refractivity contribution is 5.81. The van der Waals surface area contributed by atoms with Gasteiger partial charge in [0.25, 0.3) is 5.91 Å². The summed E-state index contributed by atoms with van der Waals surface area (Å²) in [7, 11) is 1.27. The van der Waals surface area contributed by atoms with Crippen LogP contribution in [-0.4, -0.2) is 56.1 Å². The van der Waals surface area contributed by atoms with Crippen molar-refractivity contribution in [1.29, 1.82) is 0 Å². The lowest BCUT2D eigenvalue weighted by Gasteiger charge is -2.09. The fourth-order valence-electron chi connectivity index (χ4n) is 1.72. The smallest absolute Gasteiger partial charge is 0.344 e. The molecule has 0 bridgehead atoms. The Morgan fingerprint density at radius 2 is 1.85 bits per heavy atom. The van der Waals surface area contributed by atoms with Gasteiger partial charge in [0.1, 0.15) is 5.75 Å². The molecular formula is C15H19N3O8. The van der Waals surface area contributed by atoms with Gasteiger partial charge in [-0.1, -0.05) is 0 Å². The Balaban J connectivity index is 2.35. The van der Waals surface area contributed by atoms with Crippen molar-refractivity contribution in [3.05, 3.63) is 28.3 Å². The van der Waals surface area contributed by atoms with Crippen LogP contribution in [0.4, 0.5) is 5.69 Å². The van der Waals surface area contributed by atoms with Gasteiger partial charge in [0.15, 0.2) is 13.2 Å². The molecule has 0 fully saturated rings. The molecule has 1 aromatic carbocycles. The second kappa shape index (κ2) is 10.5. The minimum atomic E-state index is -0.792. The summed E-state index contributed by atoms with van der Waals surface area (Å²) in [6, 6.07) is 3.75. The van der Waals surface area contributed by atoms with Gasteiger partial charge < -0.3 is 24.8 Å². The summed E-state index contributed by atoms with van der Waals surface area (Å²) >= 11 is 0. The molecule has 0 aromatic heterocycles. The second-order valence-corrected chi connectivity index (χ2v) is 4.87. The van der Waals surface area contributed by atoms with Crippen LogP contribution in [0.15, 0.2) is 18.2 Å². The summed E-state index contributed by atoms with van der Waals surface area (Å²) in [5, 5.41) is 15.7. The molecular weight excluding hydrogens is 350 g/mol. The lowest BCUT2D eigenvalue weighted by molar-refractivity contribution is -0.385. The Kier molecular flexibility index (Phi) is 8.34. The lowest BCUT2D eigenvalue weighted by atomic mass is 10.3. The SMILES string of the molecule is COc1cc(OCC(=O)OCC(=O)NCCNC(C)=O)ccc1[N+](=O)[O-]. The molecule has 142 valence electrons. The Hall–Kier alpha value is -3.37. The molecule has 0 saturated carbocycles. The highest BCUT2D eigenvalue weighted by Gasteiger charge is 2.16. The molecule has 0 unspecified atom stereocenters. The van der Waals surface area contributed by atoms with Crippen molar-refractivity contribution in [2.75, 3.05) is 33.4 Å². The van der Waals surface area contributed by atoms with Crippen LogP contribution in [0.5, 0.6) is 11.5 Å². The Morgan fingerprint density at radius 1 is 1.15 bits per heavy atom. The molecule has 0 heterocycles. The number of carbonyl (C=O) groups is 3. The van der Waals surface area contributed by atoms with E-state index in [1.165, 1.54) is 32.2 Å². The van der Waals surface area contributed by atoms with E-state index in [4.69, 9.17) is 14.2 Å². The number of esters is 1. The zero-order valence-corrected chi connectivity index (χ0v) is 14.3. The first-order chi connectivity index (χ1) is 12.3. The van der Waals surface area contributed by atoms with Crippen molar-refractivity contribution < 1.29 is 33.5 Å². The molecule has 0 aliphatic carbocycles. The number of hydrogen-bond donors (Lipinski definition) is 2. The summed E-state index contributed by atoms with van der Waals surface area (Å²) < 4.78 is 14.7. The van der Waals surface area contributed by atoms with Crippen molar-refractivity contribution in [2.24, 2.45) is 0 Å². The number of carbonyl (C=O) groups excluding carboxylic acids is 3. The van der Waals surface area contributed by atoms with E-state index in [0.29, 0.717) is 0 Å². The molecule has 11 heteroatoms. The molecule has 0 saturated heterocycles. The van der Waals surface area contributed by atoms with E-state index in [2.05, 4.69) is 10.6 Å². The standard InChI is InChI=1S/C15H19N3O8/c1-10(19)16-5-6-17-14(20)8-26-15(21)9-25-11-3-4-12(18(22)23)13(7-11)24-2/h3-4,7H,5-6,8-9H2,1-2H3,(H,16,19)(H,17,20). The van der Waals surface area contributed by atoms with E-state index < -0.39 is 30.0 Å². The van der Waals surface area contributed by atoms with Gasteiger partial charge in [-0.05, 0) is 6.07 Å². The topological polar surface area (TPSA) is 146 Å². The van der Waals surface area contributed by atoms with Gasteiger partial charge in [0.05, 0.1) is 12.0 Å². The van der Waals surface area contributed by atoms with Crippen LogP contribution in [0.25, 0.3) is 0 Å². The Morgan fingerprint density at radius 3 is 2.46 bits per heavy atom. The average Bonchev–Trinajstić information content (AvgIpc) is 2.61. The summed E-state index contributed by atoms with van der Waals surface area (Å²) in [5.74, 6) is -1.38. The van der Waals surface area contributed by atoms with Crippen molar-refractivity contribution in [3.63, 3.8) is 0 Å². The second-order valence-electron chi connectivity index (χ2n) is 4.87. The molecule has 0 aliphatic heterocycles. The summed E-state index contributed by atoms with van der Waals surface area (Å²) in [4.78, 5) is 43.8. The molecule has 2 N–H and O–H groups in total. The molecule has 26 heavy (non-hydrogen) atoms. The van der Waals surface area contributed by atoms with E-state index in [1.54, 1.807) is 0 Å². The highest BCUT2D eigenvalue weighted by atomic mass is 16.6. The van der Waals surface area contributed by atoms with Crippen LogP contribution in [0, 0.1) is 10.1 Å². The predicted octanol–water partition coefficient (Wildman–Crippen LogP) is -0.222. The molecule has 0 spiro atoms. The normalized spacial score (nSPS) is 9.77. The fourth-order valence-corrected chi connectivity index (χ4v) is 1.72. The minimum Gasteiger partial charge on any atom is -0.490 e. The maximum absolute atomic E-state index is 11.5. The lowest BCUT2D eigenvalue weighted by Crippen LogP contribution is -2.36. The highest BCUT2D eigenvalue weighted by Crippen LogP contribution is 2.30. The van der Waals surface area contributed by atoms with Gasteiger partial charge in [0.2, 0.25) is 11.7 Å². The van der Waals surface area contributed by atoms with E-state index in [-0.39, 0.29) is 36.2 Å². The van der Waals surface area contributed by atoms with E-state index in [9.17, 15) is 24.5 Å². The summed E-state index contributed by atoms with van der Waals surface area (Å²) in [6.07, 6.45) is 0. The number of ether oxygens (including phenoxy) is 3. The van der Waals surface area contributed by atoms with Crippen molar-refractivity contribution in [3.8, 4) is 11.5 Å². The first-order valence-electron chi connectivity index (χ1n) is 7.45. The summed E-state index contributed by atoms with van der Waals surface area (Å²) in [6.45, 7) is 0.839. The van der Waals surface area contributed by atoms with Gasteiger partial charge in [-0.25, -0.2) is 4.79 Å². The van der Waals surface area contributed by atoms with Crippen molar-refractivity contribution in [1.82, 2.24) is 10.6 Å². The molecule has 0 aliphatic rings. The number of nitrogens with zero attached hydrogens (tertiary/aromatic N) is 1. The first kappa shape index (κ1) is 20.7. The first-order valence-corrected chi connectivity index (χ1v) is 7.45. The van der Waals surface area contributed by atoms with Gasteiger partial charge >= 0.3 is 11.7 Å². The van der Waals surface area contributed by atoms with E-state index >= 15 is 0 Å². The molecule has 11 nitrogen and oxygen atoms in total. The molecule has 1 rings (SSSR count). The maximum Gasteiger partial charge on any atom is 0.344 e. The Labute approximate surface area is 148 Å². The number of hydrogen-bond acceptors (Lipinski definition) is 8. The molecule has 2 amide bonds. The van der Waals surface area contributed by atoms with Gasteiger partial charge in [-0.2, -0.15) is 0 Å². The third-order valence-electron chi connectivity index (χ3n) is 2.89. The molecule has 0 radical (unpaired) electrons. The van der Waals surface area contributed by atoms with Crippen LogP contribution >= 0.6 is 0 Å². The van der Waals surface area contributed by atoms with Crippen molar-refractivity contribution >= 4 is 23.5 Å². The minimum absolute atomic E-state index is 0.0144. The van der Waals surface area contributed by atoms with Crippen molar-refractivity contribution in [2.45, 2.75) is 6.92 Å². The quantitative estimate of drug-likeness (QED) is 0.249. The monoisotopic (exact) mass is 369 g/mol. The van der Waals surface area contributed by atoms with Crippen LogP contribution in [0.2, 0.25) is 0 Å². The van der Waals surface area contributed by atoms with Crippen LogP contribution in [0.3, 0.4) is 0 Å². The fraction of sp³-hybridized carbons (Fsp3) is 0.400. The van der Waals surface area contributed by atoms with Crippen LogP contribution in [0.1, 0.15) is 6.92 Å². The van der Waals surface area contributed by atoms with Gasteiger partial charge in [-0.3, -0.25) is 19.7 Å². The third kappa shape index (κ3) is 7.47. The zero-order chi connectivity index (χ0) is 19.5. The number of rotatable bonds is 10. The van der Waals surface area contributed by atoms with Gasteiger partial charge in [0, 0.05) is 32.1 Å². The van der Waals surface area contributed by atoms with Crippen LogP contribution < -0.4 is 20.1 Å². The molecule has 1 aromatic rings. The predicted molar refractivity (Wildman–Crippen MR) is 87.8 cm³/mol. The largest absolute Gasteiger partial charge is 0.490 e. The third-order valence-corrected chi connectivity index (χ3v) is 2.89. The van der Waals surface area contributed by atoms with E-state index in [1.807, 2.05) is 0 Å². The average molecular weight is 369 g/mol. The number of nitrogens with one attached hydrogen (secondary N) is 2. The zero-order valence-electron chi connectivity index (χ0n) is 14.3. The summed E-state index contributed by atoms with van der Waals surface area (Å²) in [5.41, 5.74) is -0.238. The number of nitro groups is 1. The van der Waals surface area contributed by atoms with Gasteiger partial charge in [-0.15, -0.1) is 0 Å². The number of amides is 2. The number of methoxy groups -OCH3 is 1. The number of benzene rings is 1. The Bertz CT molecular complexity index is 677. The molecule has 0 atom stereocenters. The van der Waals surface area contributed by atoms with E-state index in [0.717, 1.165) is 0 Å². The van der Waals surface area contributed by atoms with Crippen LogP contribution in [-0.2, 0) is 19.1 Å². The number of nitro benzene ring substituents is 1.